The molecule has 1 aromatic rings. The van der Waals surface area contributed by atoms with E-state index in [2.05, 4.69) is 37.2 Å². The second kappa shape index (κ2) is 5.35. The summed E-state index contributed by atoms with van der Waals surface area (Å²) >= 11 is 18.1. The minimum absolute atomic E-state index is 0.198. The van der Waals surface area contributed by atoms with E-state index >= 15 is 0 Å². The number of amides is 1. The molecule has 6 heteroatoms. The normalized spacial score (nSPS) is 10.0. The summed E-state index contributed by atoms with van der Waals surface area (Å²) in [5.41, 5.74) is 0.431. The van der Waals surface area contributed by atoms with Crippen LogP contribution >= 0.6 is 55.1 Å². The first-order chi connectivity index (χ1) is 6.54. The standard InChI is InChI=1S/C8H5Br2Cl2NO/c9-3-7(14)13-8-5(11)1-4(10)2-6(8)12/h1-2H,3H2,(H,13,14). The zero-order valence-corrected chi connectivity index (χ0v) is 11.5. The van der Waals surface area contributed by atoms with Gasteiger partial charge < -0.3 is 5.32 Å². The Balaban J connectivity index is 3.02. The van der Waals surface area contributed by atoms with Gasteiger partial charge in [-0.15, -0.1) is 0 Å². The molecule has 1 aromatic carbocycles. The lowest BCUT2D eigenvalue weighted by molar-refractivity contribution is -0.113. The van der Waals surface area contributed by atoms with E-state index in [9.17, 15) is 4.79 Å². The number of hydrogen-bond donors (Lipinski definition) is 1. The van der Waals surface area contributed by atoms with Gasteiger partial charge in [0.2, 0.25) is 5.91 Å². The van der Waals surface area contributed by atoms with Crippen LogP contribution in [0.4, 0.5) is 5.69 Å². The van der Waals surface area contributed by atoms with E-state index in [1.165, 1.54) is 0 Å². The van der Waals surface area contributed by atoms with E-state index < -0.39 is 0 Å². The van der Waals surface area contributed by atoms with Crippen LogP contribution in [0.2, 0.25) is 10.0 Å². The second-order valence-electron chi connectivity index (χ2n) is 2.43. The largest absolute Gasteiger partial charge is 0.323 e. The number of carbonyl (C=O) groups excluding carboxylic acids is 1. The first kappa shape index (κ1) is 12.3. The van der Waals surface area contributed by atoms with E-state index in [0.29, 0.717) is 15.7 Å². The molecule has 0 atom stereocenters. The smallest absolute Gasteiger partial charge is 0.235 e. The van der Waals surface area contributed by atoms with Crippen molar-refractivity contribution in [2.24, 2.45) is 0 Å². The lowest BCUT2D eigenvalue weighted by atomic mass is 10.3. The van der Waals surface area contributed by atoms with Crippen molar-refractivity contribution in [3.8, 4) is 0 Å². The number of halogens is 4. The minimum atomic E-state index is -0.198. The van der Waals surface area contributed by atoms with Crippen molar-refractivity contribution in [2.45, 2.75) is 0 Å². The Kier molecular flexibility index (Phi) is 4.70. The molecule has 0 saturated carbocycles. The Labute approximate surface area is 108 Å². The van der Waals surface area contributed by atoms with Crippen molar-refractivity contribution < 1.29 is 4.79 Å². The molecule has 0 fully saturated rings. The summed E-state index contributed by atoms with van der Waals surface area (Å²) in [7, 11) is 0. The van der Waals surface area contributed by atoms with Gasteiger partial charge in [-0.1, -0.05) is 55.1 Å². The topological polar surface area (TPSA) is 29.1 Å². The summed E-state index contributed by atoms with van der Waals surface area (Å²) in [4.78, 5) is 11.1. The van der Waals surface area contributed by atoms with Gasteiger partial charge in [0.15, 0.2) is 0 Å². The number of alkyl halides is 1. The zero-order chi connectivity index (χ0) is 10.7. The zero-order valence-electron chi connectivity index (χ0n) is 6.78. The summed E-state index contributed by atoms with van der Waals surface area (Å²) < 4.78 is 0.768. The number of anilines is 1. The number of rotatable bonds is 2. The molecule has 0 bridgehead atoms. The van der Waals surface area contributed by atoms with E-state index in [1.54, 1.807) is 12.1 Å². The maximum absolute atomic E-state index is 11.1. The molecule has 1 N–H and O–H groups in total. The van der Waals surface area contributed by atoms with Crippen molar-refractivity contribution in [2.75, 3.05) is 10.6 Å². The fourth-order valence-corrected chi connectivity index (χ4v) is 2.28. The van der Waals surface area contributed by atoms with Gasteiger partial charge in [0.25, 0.3) is 0 Å². The Bertz CT molecular complexity index is 347. The average Bonchev–Trinajstić information content (AvgIpc) is 2.10. The van der Waals surface area contributed by atoms with Gasteiger partial charge in [0.1, 0.15) is 0 Å². The van der Waals surface area contributed by atoms with E-state index in [1.807, 2.05) is 0 Å². The predicted octanol–water partition coefficient (Wildman–Crippen LogP) is 4.09. The highest BCUT2D eigenvalue weighted by molar-refractivity contribution is 9.10. The molecule has 76 valence electrons. The van der Waals surface area contributed by atoms with Crippen LogP contribution in [0, 0.1) is 0 Å². The van der Waals surface area contributed by atoms with Gasteiger partial charge in [-0.2, -0.15) is 0 Å². The molecule has 0 saturated heterocycles. The van der Waals surface area contributed by atoms with Crippen LogP contribution in [-0.2, 0) is 4.79 Å². The predicted molar refractivity (Wildman–Crippen MR) is 66.6 cm³/mol. The molecule has 0 aliphatic carbocycles. The van der Waals surface area contributed by atoms with Gasteiger partial charge >= 0.3 is 0 Å². The summed E-state index contributed by atoms with van der Waals surface area (Å²) in [5.74, 6) is -0.198. The Hall–Kier alpha value is 0.230. The third-order valence-electron chi connectivity index (χ3n) is 1.39. The lowest BCUT2D eigenvalue weighted by Crippen LogP contribution is -2.12. The van der Waals surface area contributed by atoms with Gasteiger partial charge in [-0.05, 0) is 12.1 Å². The van der Waals surface area contributed by atoms with Crippen molar-refractivity contribution in [3.05, 3.63) is 26.7 Å². The Morgan fingerprint density at radius 3 is 2.29 bits per heavy atom. The molecule has 2 nitrogen and oxygen atoms in total. The van der Waals surface area contributed by atoms with E-state index in [4.69, 9.17) is 23.2 Å². The number of hydrogen-bond acceptors (Lipinski definition) is 1. The molecule has 0 aromatic heterocycles. The highest BCUT2D eigenvalue weighted by Gasteiger charge is 2.09. The fraction of sp³-hybridized carbons (Fsp3) is 0.125. The molecule has 1 amide bonds. The van der Waals surface area contributed by atoms with Crippen molar-refractivity contribution in [1.82, 2.24) is 0 Å². The van der Waals surface area contributed by atoms with Crippen molar-refractivity contribution in [3.63, 3.8) is 0 Å². The SMILES string of the molecule is O=C(CBr)Nc1c(Cl)cc(Br)cc1Cl. The third kappa shape index (κ3) is 3.12. The number of carbonyl (C=O) groups is 1. The van der Waals surface area contributed by atoms with Crippen molar-refractivity contribution in [1.29, 1.82) is 0 Å². The van der Waals surface area contributed by atoms with Crippen LogP contribution in [0.3, 0.4) is 0 Å². The Morgan fingerprint density at radius 1 is 1.36 bits per heavy atom. The lowest BCUT2D eigenvalue weighted by Gasteiger charge is -2.08. The van der Waals surface area contributed by atoms with Gasteiger partial charge in [0, 0.05) is 4.47 Å². The first-order valence-electron chi connectivity index (χ1n) is 3.55. The highest BCUT2D eigenvalue weighted by atomic mass is 79.9. The Morgan fingerprint density at radius 2 is 1.86 bits per heavy atom. The molecule has 0 unspecified atom stereocenters. The first-order valence-corrected chi connectivity index (χ1v) is 6.22. The van der Waals surface area contributed by atoms with Gasteiger partial charge in [-0.3, -0.25) is 4.79 Å². The number of benzene rings is 1. The molecule has 0 radical (unpaired) electrons. The molecular weight excluding hydrogens is 357 g/mol. The fourth-order valence-electron chi connectivity index (χ4n) is 0.834. The second-order valence-corrected chi connectivity index (χ2v) is 4.72. The molecular formula is C8H5Br2Cl2NO. The van der Waals surface area contributed by atoms with Gasteiger partial charge in [0.05, 0.1) is 21.1 Å². The average molecular weight is 362 g/mol. The maximum atomic E-state index is 11.1. The highest BCUT2D eigenvalue weighted by Crippen LogP contribution is 2.33. The quantitative estimate of drug-likeness (QED) is 0.790. The summed E-state index contributed by atoms with van der Waals surface area (Å²) in [5, 5.41) is 3.59. The monoisotopic (exact) mass is 359 g/mol. The van der Waals surface area contributed by atoms with E-state index in [-0.39, 0.29) is 11.2 Å². The molecule has 0 aliphatic rings. The van der Waals surface area contributed by atoms with Gasteiger partial charge in [-0.25, -0.2) is 0 Å². The maximum Gasteiger partial charge on any atom is 0.235 e. The summed E-state index contributed by atoms with van der Waals surface area (Å²) in [6.07, 6.45) is 0. The van der Waals surface area contributed by atoms with Crippen LogP contribution in [0.5, 0.6) is 0 Å². The minimum Gasteiger partial charge on any atom is -0.323 e. The van der Waals surface area contributed by atoms with Crippen LogP contribution < -0.4 is 5.32 Å². The molecule has 1 rings (SSSR count). The summed E-state index contributed by atoms with van der Waals surface area (Å²) in [6.45, 7) is 0. The molecule has 0 spiro atoms. The summed E-state index contributed by atoms with van der Waals surface area (Å²) in [6, 6.07) is 3.33. The van der Waals surface area contributed by atoms with Crippen LogP contribution in [0.1, 0.15) is 0 Å². The number of nitrogens with one attached hydrogen (secondary N) is 1. The molecule has 0 heterocycles. The molecule has 14 heavy (non-hydrogen) atoms. The van der Waals surface area contributed by atoms with Crippen molar-refractivity contribution >= 4 is 66.7 Å². The third-order valence-corrected chi connectivity index (χ3v) is 2.96. The molecule has 0 aliphatic heterocycles. The van der Waals surface area contributed by atoms with E-state index in [0.717, 1.165) is 4.47 Å². The van der Waals surface area contributed by atoms with Crippen LogP contribution in [0.25, 0.3) is 0 Å². The van der Waals surface area contributed by atoms with Crippen LogP contribution in [-0.4, -0.2) is 11.2 Å². The van der Waals surface area contributed by atoms with Crippen LogP contribution in [0.15, 0.2) is 16.6 Å².